The van der Waals surface area contributed by atoms with E-state index in [9.17, 15) is 0 Å². The molecule has 0 aromatic heterocycles. The molecule has 18 heavy (non-hydrogen) atoms. The predicted molar refractivity (Wildman–Crippen MR) is 71.5 cm³/mol. The van der Waals surface area contributed by atoms with E-state index in [2.05, 4.69) is 13.8 Å². The summed E-state index contributed by atoms with van der Waals surface area (Å²) in [5.41, 5.74) is 8.73. The highest BCUT2D eigenvalue weighted by molar-refractivity contribution is 6.32. The summed E-state index contributed by atoms with van der Waals surface area (Å²) in [6.45, 7) is 4.47. The summed E-state index contributed by atoms with van der Waals surface area (Å²) in [7, 11) is 0. The molecule has 0 amide bonds. The SMILES string of the molecule is CCc1c(C2(C(C)N)CC2)cc(Cl)c2c1OCO2. The van der Waals surface area contributed by atoms with Gasteiger partial charge in [0.05, 0.1) is 5.02 Å². The van der Waals surface area contributed by atoms with E-state index in [0.717, 1.165) is 25.0 Å². The van der Waals surface area contributed by atoms with E-state index < -0.39 is 0 Å². The molecule has 3 rings (SSSR count). The zero-order chi connectivity index (χ0) is 12.9. The lowest BCUT2D eigenvalue weighted by molar-refractivity contribution is 0.173. The minimum Gasteiger partial charge on any atom is -0.453 e. The van der Waals surface area contributed by atoms with E-state index in [1.807, 2.05) is 6.07 Å². The Kier molecular flexibility index (Phi) is 2.72. The maximum absolute atomic E-state index is 6.30. The second-order valence-corrected chi connectivity index (χ2v) is 5.65. The molecule has 2 aliphatic rings. The van der Waals surface area contributed by atoms with E-state index in [-0.39, 0.29) is 18.2 Å². The highest BCUT2D eigenvalue weighted by Gasteiger charge is 2.49. The standard InChI is InChI=1S/C14H18ClNO2/c1-3-9-10(14(4-5-14)8(2)16)6-11(15)13-12(9)17-7-18-13/h6,8H,3-5,7,16H2,1-2H3. The molecular formula is C14H18ClNO2. The second-order valence-electron chi connectivity index (χ2n) is 5.25. The van der Waals surface area contributed by atoms with Gasteiger partial charge in [0, 0.05) is 17.0 Å². The predicted octanol–water partition coefficient (Wildman–Crippen LogP) is 3.01. The van der Waals surface area contributed by atoms with Gasteiger partial charge in [0.25, 0.3) is 0 Å². The minimum atomic E-state index is 0.0932. The molecule has 0 bridgehead atoms. The molecule has 4 heteroatoms. The van der Waals surface area contributed by atoms with E-state index in [0.29, 0.717) is 10.8 Å². The summed E-state index contributed by atoms with van der Waals surface area (Å²) in [5.74, 6) is 1.52. The normalized spacial score (nSPS) is 20.9. The number of hydrogen-bond donors (Lipinski definition) is 1. The highest BCUT2D eigenvalue weighted by Crippen LogP contribution is 2.56. The van der Waals surface area contributed by atoms with Crippen molar-refractivity contribution in [2.24, 2.45) is 5.73 Å². The first-order chi connectivity index (χ1) is 8.60. The summed E-state index contributed by atoms with van der Waals surface area (Å²) < 4.78 is 11.0. The number of halogens is 1. The van der Waals surface area contributed by atoms with Gasteiger partial charge < -0.3 is 15.2 Å². The molecule has 1 unspecified atom stereocenters. The lowest BCUT2D eigenvalue weighted by Crippen LogP contribution is -2.32. The number of hydrogen-bond acceptors (Lipinski definition) is 3. The number of ether oxygens (including phenoxy) is 2. The fourth-order valence-electron chi connectivity index (χ4n) is 2.98. The molecule has 2 N–H and O–H groups in total. The molecule has 1 fully saturated rings. The summed E-state index contributed by atoms with van der Waals surface area (Å²) in [6.07, 6.45) is 3.17. The lowest BCUT2D eigenvalue weighted by Gasteiger charge is -2.24. The van der Waals surface area contributed by atoms with Crippen LogP contribution < -0.4 is 15.2 Å². The topological polar surface area (TPSA) is 44.5 Å². The summed E-state index contributed by atoms with van der Waals surface area (Å²) in [6, 6.07) is 2.17. The van der Waals surface area contributed by atoms with E-state index in [4.69, 9.17) is 26.8 Å². The first-order valence-electron chi connectivity index (χ1n) is 6.47. The largest absolute Gasteiger partial charge is 0.453 e. The summed E-state index contributed by atoms with van der Waals surface area (Å²) in [4.78, 5) is 0. The third-order valence-electron chi connectivity index (χ3n) is 4.25. The Morgan fingerprint density at radius 2 is 2.06 bits per heavy atom. The van der Waals surface area contributed by atoms with Crippen molar-refractivity contribution in [3.05, 3.63) is 22.2 Å². The quantitative estimate of drug-likeness (QED) is 0.916. The van der Waals surface area contributed by atoms with Crippen LogP contribution in [0.3, 0.4) is 0 Å². The summed E-state index contributed by atoms with van der Waals surface area (Å²) >= 11 is 6.30. The van der Waals surface area contributed by atoms with Crippen LogP contribution in [0.15, 0.2) is 6.07 Å². The van der Waals surface area contributed by atoms with Crippen molar-refractivity contribution in [3.63, 3.8) is 0 Å². The van der Waals surface area contributed by atoms with Crippen LogP contribution in [0.25, 0.3) is 0 Å². The third-order valence-corrected chi connectivity index (χ3v) is 4.53. The maximum Gasteiger partial charge on any atom is 0.231 e. The lowest BCUT2D eigenvalue weighted by atomic mass is 9.84. The van der Waals surface area contributed by atoms with Crippen molar-refractivity contribution < 1.29 is 9.47 Å². The Labute approximate surface area is 112 Å². The average Bonchev–Trinajstić information content (AvgIpc) is 3.01. The molecule has 98 valence electrons. The van der Waals surface area contributed by atoms with Gasteiger partial charge in [-0.3, -0.25) is 0 Å². The fraction of sp³-hybridized carbons (Fsp3) is 0.571. The van der Waals surface area contributed by atoms with E-state index >= 15 is 0 Å². The van der Waals surface area contributed by atoms with Crippen LogP contribution in [0.5, 0.6) is 11.5 Å². The summed E-state index contributed by atoms with van der Waals surface area (Å²) in [5, 5.41) is 0.640. The fourth-order valence-corrected chi connectivity index (χ4v) is 3.23. The second kappa shape index (κ2) is 4.04. The Bertz CT molecular complexity index is 495. The third kappa shape index (κ3) is 1.54. The molecule has 1 aliphatic heterocycles. The van der Waals surface area contributed by atoms with Crippen molar-refractivity contribution >= 4 is 11.6 Å². The molecule has 1 aromatic rings. The van der Waals surface area contributed by atoms with Gasteiger partial charge in [-0.15, -0.1) is 0 Å². The van der Waals surface area contributed by atoms with Crippen LogP contribution in [-0.4, -0.2) is 12.8 Å². The van der Waals surface area contributed by atoms with Gasteiger partial charge in [0.2, 0.25) is 6.79 Å². The zero-order valence-corrected chi connectivity index (χ0v) is 11.5. The average molecular weight is 268 g/mol. The minimum absolute atomic E-state index is 0.0932. The smallest absolute Gasteiger partial charge is 0.231 e. The first-order valence-corrected chi connectivity index (χ1v) is 6.85. The number of nitrogens with two attached hydrogens (primary N) is 1. The molecule has 1 aliphatic carbocycles. The first kappa shape index (κ1) is 12.1. The molecule has 0 radical (unpaired) electrons. The van der Waals surface area contributed by atoms with Crippen LogP contribution in [0, 0.1) is 0 Å². The highest BCUT2D eigenvalue weighted by atomic mass is 35.5. The maximum atomic E-state index is 6.30. The van der Waals surface area contributed by atoms with Crippen molar-refractivity contribution in [3.8, 4) is 11.5 Å². The van der Waals surface area contributed by atoms with Crippen molar-refractivity contribution in [2.45, 2.75) is 44.6 Å². The zero-order valence-electron chi connectivity index (χ0n) is 10.8. The molecule has 3 nitrogen and oxygen atoms in total. The number of benzene rings is 1. The molecule has 1 saturated carbocycles. The Balaban J connectivity index is 2.19. The van der Waals surface area contributed by atoms with Gasteiger partial charge in [0.15, 0.2) is 11.5 Å². The Hall–Kier alpha value is -0.930. The van der Waals surface area contributed by atoms with Crippen LogP contribution in [-0.2, 0) is 11.8 Å². The van der Waals surface area contributed by atoms with Crippen molar-refractivity contribution in [1.29, 1.82) is 0 Å². The van der Waals surface area contributed by atoms with Crippen LogP contribution in [0.2, 0.25) is 5.02 Å². The molecule has 0 spiro atoms. The van der Waals surface area contributed by atoms with Crippen LogP contribution >= 0.6 is 11.6 Å². The van der Waals surface area contributed by atoms with E-state index in [1.165, 1.54) is 11.1 Å². The number of rotatable bonds is 3. The van der Waals surface area contributed by atoms with Gasteiger partial charge >= 0.3 is 0 Å². The van der Waals surface area contributed by atoms with E-state index in [1.54, 1.807) is 0 Å². The molecule has 1 heterocycles. The molecule has 1 atom stereocenters. The van der Waals surface area contributed by atoms with Gasteiger partial charge in [0.1, 0.15) is 0 Å². The van der Waals surface area contributed by atoms with Crippen LogP contribution in [0.1, 0.15) is 37.8 Å². The van der Waals surface area contributed by atoms with Crippen molar-refractivity contribution in [1.82, 2.24) is 0 Å². The van der Waals surface area contributed by atoms with Crippen molar-refractivity contribution in [2.75, 3.05) is 6.79 Å². The van der Waals surface area contributed by atoms with Gasteiger partial charge in [-0.2, -0.15) is 0 Å². The number of fused-ring (bicyclic) bond motifs is 1. The van der Waals surface area contributed by atoms with Crippen LogP contribution in [0.4, 0.5) is 0 Å². The van der Waals surface area contributed by atoms with Gasteiger partial charge in [-0.25, -0.2) is 0 Å². The van der Waals surface area contributed by atoms with Gasteiger partial charge in [-0.1, -0.05) is 18.5 Å². The molecule has 0 saturated heterocycles. The Morgan fingerprint density at radius 1 is 1.39 bits per heavy atom. The Morgan fingerprint density at radius 3 is 2.61 bits per heavy atom. The molecule has 1 aromatic carbocycles. The van der Waals surface area contributed by atoms with Gasteiger partial charge in [-0.05, 0) is 37.8 Å². The monoisotopic (exact) mass is 267 g/mol. The molecular weight excluding hydrogens is 250 g/mol.